The number of hydrogen-bond acceptors (Lipinski definition) is 4. The number of carbonyl (C=O) groups excluding carboxylic acids is 1. The highest BCUT2D eigenvalue weighted by atomic mass is 32.2. The maximum absolute atomic E-state index is 11.9. The van der Waals surface area contributed by atoms with Crippen LogP contribution in [0.2, 0.25) is 0 Å². The van der Waals surface area contributed by atoms with Gasteiger partial charge in [-0.1, -0.05) is 20.8 Å². The molecule has 2 rings (SSSR count). The third-order valence-corrected chi connectivity index (χ3v) is 4.67. The Balaban J connectivity index is 1.87. The van der Waals surface area contributed by atoms with Crippen LogP contribution >= 0.6 is 11.8 Å². The van der Waals surface area contributed by atoms with Gasteiger partial charge in [-0.25, -0.2) is 0 Å². The number of morpholine rings is 1. The van der Waals surface area contributed by atoms with Crippen LogP contribution in [0.4, 0.5) is 11.4 Å². The standard InChI is InChI=1S/C17H26N2O2S/c1-13-11-19(9-10-21-13)15-7-5-14(6-8-15)18-16(20)12-22-17(2,3)4/h5-8,13H,9-12H2,1-4H3,(H,18,20). The number of carbonyl (C=O) groups is 1. The highest BCUT2D eigenvalue weighted by Gasteiger charge is 2.17. The van der Waals surface area contributed by atoms with E-state index in [1.165, 1.54) is 5.69 Å². The smallest absolute Gasteiger partial charge is 0.234 e. The van der Waals surface area contributed by atoms with Gasteiger partial charge >= 0.3 is 0 Å². The van der Waals surface area contributed by atoms with Crippen molar-refractivity contribution >= 4 is 29.0 Å². The van der Waals surface area contributed by atoms with Crippen molar-refractivity contribution in [2.45, 2.75) is 38.5 Å². The van der Waals surface area contributed by atoms with Crippen LogP contribution in [-0.2, 0) is 9.53 Å². The Labute approximate surface area is 137 Å². The molecule has 4 nitrogen and oxygen atoms in total. The molecule has 1 aromatic rings. The van der Waals surface area contributed by atoms with E-state index < -0.39 is 0 Å². The zero-order valence-corrected chi connectivity index (χ0v) is 14.7. The van der Waals surface area contributed by atoms with E-state index in [1.807, 2.05) is 12.1 Å². The monoisotopic (exact) mass is 322 g/mol. The van der Waals surface area contributed by atoms with E-state index in [-0.39, 0.29) is 16.8 Å². The first kappa shape index (κ1) is 17.2. The molecule has 122 valence electrons. The molecule has 0 bridgehead atoms. The zero-order valence-electron chi connectivity index (χ0n) is 13.9. The molecule has 0 spiro atoms. The minimum absolute atomic E-state index is 0.0488. The second-order valence-corrected chi connectivity index (χ2v) is 8.43. The molecule has 0 aliphatic carbocycles. The van der Waals surface area contributed by atoms with Gasteiger partial charge in [-0.15, -0.1) is 11.8 Å². The number of hydrogen-bond donors (Lipinski definition) is 1. The van der Waals surface area contributed by atoms with Gasteiger partial charge in [-0.2, -0.15) is 0 Å². The summed E-state index contributed by atoms with van der Waals surface area (Å²) in [5, 5.41) is 2.95. The first-order chi connectivity index (χ1) is 10.3. The van der Waals surface area contributed by atoms with Crippen LogP contribution in [0.15, 0.2) is 24.3 Å². The van der Waals surface area contributed by atoms with Crippen LogP contribution in [-0.4, -0.2) is 42.2 Å². The van der Waals surface area contributed by atoms with E-state index >= 15 is 0 Å². The van der Waals surface area contributed by atoms with Gasteiger partial charge in [0, 0.05) is 29.2 Å². The van der Waals surface area contributed by atoms with Crippen molar-refractivity contribution in [2.24, 2.45) is 0 Å². The van der Waals surface area contributed by atoms with Gasteiger partial charge in [0.05, 0.1) is 18.5 Å². The lowest BCUT2D eigenvalue weighted by atomic mass is 10.2. The van der Waals surface area contributed by atoms with Crippen molar-refractivity contribution in [3.8, 4) is 0 Å². The Bertz CT molecular complexity index is 496. The molecule has 1 aliphatic heterocycles. The van der Waals surface area contributed by atoms with E-state index in [0.717, 1.165) is 25.4 Å². The van der Waals surface area contributed by atoms with E-state index in [0.29, 0.717) is 5.75 Å². The second kappa shape index (κ2) is 7.38. The third-order valence-electron chi connectivity index (χ3n) is 3.39. The Kier molecular flexibility index (Phi) is 5.75. The molecule has 1 amide bonds. The Morgan fingerprint density at radius 1 is 1.36 bits per heavy atom. The summed E-state index contributed by atoms with van der Waals surface area (Å²) in [4.78, 5) is 14.2. The fourth-order valence-electron chi connectivity index (χ4n) is 2.29. The van der Waals surface area contributed by atoms with Crippen LogP contribution in [0.5, 0.6) is 0 Å². The van der Waals surface area contributed by atoms with Gasteiger partial charge in [0.2, 0.25) is 5.91 Å². The summed E-state index contributed by atoms with van der Waals surface area (Å²) in [6.45, 7) is 11.0. The van der Waals surface area contributed by atoms with Gasteiger partial charge in [0.25, 0.3) is 0 Å². The molecular formula is C17H26N2O2S. The SMILES string of the molecule is CC1CN(c2ccc(NC(=O)CSC(C)(C)C)cc2)CCO1. The fraction of sp³-hybridized carbons (Fsp3) is 0.588. The van der Waals surface area contributed by atoms with Crippen LogP contribution in [0.25, 0.3) is 0 Å². The van der Waals surface area contributed by atoms with Crippen molar-refractivity contribution in [3.63, 3.8) is 0 Å². The molecule has 1 saturated heterocycles. The van der Waals surface area contributed by atoms with Crippen molar-refractivity contribution in [1.29, 1.82) is 0 Å². The second-order valence-electron chi connectivity index (χ2n) is 6.62. The number of benzene rings is 1. The minimum atomic E-state index is 0.0488. The zero-order chi connectivity index (χ0) is 16.2. The number of thioether (sulfide) groups is 1. The van der Waals surface area contributed by atoms with E-state index in [1.54, 1.807) is 11.8 Å². The molecule has 5 heteroatoms. The third kappa shape index (κ3) is 5.54. The number of amides is 1. The summed E-state index contributed by atoms with van der Waals surface area (Å²) in [5.41, 5.74) is 2.03. The molecule has 1 unspecified atom stereocenters. The normalized spacial score (nSPS) is 19.1. The van der Waals surface area contributed by atoms with Gasteiger partial charge in [0.15, 0.2) is 0 Å². The Morgan fingerprint density at radius 2 is 2.05 bits per heavy atom. The molecule has 22 heavy (non-hydrogen) atoms. The maximum atomic E-state index is 11.9. The van der Waals surface area contributed by atoms with Crippen molar-refractivity contribution < 1.29 is 9.53 Å². The van der Waals surface area contributed by atoms with Crippen LogP contribution in [0.1, 0.15) is 27.7 Å². The average molecular weight is 322 g/mol. The van der Waals surface area contributed by atoms with Crippen LogP contribution < -0.4 is 10.2 Å². The molecule has 1 fully saturated rings. The van der Waals surface area contributed by atoms with Crippen LogP contribution in [0, 0.1) is 0 Å². The summed E-state index contributed by atoms with van der Waals surface area (Å²) in [7, 11) is 0. The number of rotatable bonds is 4. The van der Waals surface area contributed by atoms with Crippen molar-refractivity contribution in [2.75, 3.05) is 35.7 Å². The Morgan fingerprint density at radius 3 is 2.64 bits per heavy atom. The number of nitrogens with one attached hydrogen (secondary N) is 1. The summed E-state index contributed by atoms with van der Waals surface area (Å²) in [6, 6.07) is 8.05. The van der Waals surface area contributed by atoms with Crippen molar-refractivity contribution in [3.05, 3.63) is 24.3 Å². The van der Waals surface area contributed by atoms with E-state index in [4.69, 9.17) is 4.74 Å². The van der Waals surface area contributed by atoms with E-state index in [9.17, 15) is 4.79 Å². The molecular weight excluding hydrogens is 296 g/mol. The number of anilines is 2. The lowest BCUT2D eigenvalue weighted by Crippen LogP contribution is -2.41. The van der Waals surface area contributed by atoms with E-state index in [2.05, 4.69) is 50.0 Å². The Hall–Kier alpha value is -1.20. The number of ether oxygens (including phenoxy) is 1. The topological polar surface area (TPSA) is 41.6 Å². The van der Waals surface area contributed by atoms with Crippen LogP contribution in [0.3, 0.4) is 0 Å². The maximum Gasteiger partial charge on any atom is 0.234 e. The predicted octanol–water partition coefficient (Wildman–Crippen LogP) is 3.38. The highest BCUT2D eigenvalue weighted by Crippen LogP contribution is 2.24. The quantitative estimate of drug-likeness (QED) is 0.923. The average Bonchev–Trinajstić information content (AvgIpc) is 2.45. The molecule has 0 radical (unpaired) electrons. The first-order valence-corrected chi connectivity index (χ1v) is 8.72. The number of nitrogens with zero attached hydrogens (tertiary/aromatic N) is 1. The predicted molar refractivity (Wildman–Crippen MR) is 94.9 cm³/mol. The molecule has 1 heterocycles. The molecule has 1 aromatic carbocycles. The highest BCUT2D eigenvalue weighted by molar-refractivity contribution is 8.01. The minimum Gasteiger partial charge on any atom is -0.375 e. The summed E-state index contributed by atoms with van der Waals surface area (Å²) >= 11 is 1.65. The first-order valence-electron chi connectivity index (χ1n) is 7.74. The van der Waals surface area contributed by atoms with Gasteiger partial charge < -0.3 is 15.0 Å². The van der Waals surface area contributed by atoms with Gasteiger partial charge in [-0.05, 0) is 31.2 Å². The lowest BCUT2D eigenvalue weighted by molar-refractivity contribution is -0.113. The van der Waals surface area contributed by atoms with Crippen molar-refractivity contribution in [1.82, 2.24) is 0 Å². The summed E-state index contributed by atoms with van der Waals surface area (Å²) < 4.78 is 5.66. The largest absolute Gasteiger partial charge is 0.375 e. The molecule has 1 atom stereocenters. The van der Waals surface area contributed by atoms with Gasteiger partial charge in [0.1, 0.15) is 0 Å². The molecule has 1 N–H and O–H groups in total. The summed E-state index contributed by atoms with van der Waals surface area (Å²) in [6.07, 6.45) is 0.266. The molecule has 0 saturated carbocycles. The molecule has 0 aromatic heterocycles. The molecule has 1 aliphatic rings. The lowest BCUT2D eigenvalue weighted by Gasteiger charge is -2.33. The fourth-order valence-corrected chi connectivity index (χ4v) is 2.92. The summed E-state index contributed by atoms with van der Waals surface area (Å²) in [5.74, 6) is 0.527. The van der Waals surface area contributed by atoms with Gasteiger partial charge in [-0.3, -0.25) is 4.79 Å².